The van der Waals surface area contributed by atoms with Crippen molar-refractivity contribution in [1.29, 1.82) is 0 Å². The lowest BCUT2D eigenvalue weighted by Gasteiger charge is -2.01. The number of nitrogens with one attached hydrogen (secondary N) is 1. The summed E-state index contributed by atoms with van der Waals surface area (Å²) in [5, 5.41) is 8.88. The van der Waals surface area contributed by atoms with Gasteiger partial charge in [0.1, 0.15) is 5.69 Å². The van der Waals surface area contributed by atoms with Crippen LogP contribution >= 0.6 is 0 Å². The fourth-order valence-corrected chi connectivity index (χ4v) is 0.796. The highest BCUT2D eigenvalue weighted by atomic mass is 19.3. The Morgan fingerprint density at radius 2 is 2.15 bits per heavy atom. The van der Waals surface area contributed by atoms with Crippen molar-refractivity contribution in [1.82, 2.24) is 4.98 Å². The molecule has 0 saturated heterocycles. The summed E-state index contributed by atoms with van der Waals surface area (Å²) in [5.74, 6) is -0.848. The summed E-state index contributed by atoms with van der Waals surface area (Å²) in [6.45, 7) is 0. The number of pyridine rings is 1. The maximum atomic E-state index is 12.0. The molecule has 0 amide bonds. The van der Waals surface area contributed by atoms with Crippen LogP contribution in [-0.4, -0.2) is 16.4 Å². The van der Waals surface area contributed by atoms with E-state index in [4.69, 9.17) is 5.11 Å². The Kier molecular flexibility index (Phi) is 2.41. The third kappa shape index (κ3) is 1.71. The fourth-order valence-electron chi connectivity index (χ4n) is 0.796. The molecule has 0 aliphatic carbocycles. The minimum absolute atomic E-state index is 0.0998. The van der Waals surface area contributed by atoms with Crippen molar-refractivity contribution in [3.05, 3.63) is 27.7 Å². The number of carbonyl (C=O) groups excluding carboxylic acids is 1. The van der Waals surface area contributed by atoms with Crippen LogP contribution in [0.15, 0.2) is 10.9 Å². The van der Waals surface area contributed by atoms with E-state index in [0.29, 0.717) is 6.07 Å². The molecule has 70 valence electrons. The molecule has 1 heterocycles. The molecule has 13 heavy (non-hydrogen) atoms. The number of aromatic hydroxyl groups is 1. The van der Waals surface area contributed by atoms with Gasteiger partial charge in [-0.2, -0.15) is 0 Å². The standard InChI is InChI=1S/C7H5F2NO3/c8-7(9)3-1-5(12)6(13)4(2-11)10-3/h1-2,7,13H,(H,10,12). The van der Waals surface area contributed by atoms with Crippen LogP contribution in [0, 0.1) is 0 Å². The number of halogens is 2. The molecule has 0 aliphatic heterocycles. The van der Waals surface area contributed by atoms with Gasteiger partial charge in [-0.05, 0) is 0 Å². The third-order valence-electron chi connectivity index (χ3n) is 1.41. The predicted molar refractivity (Wildman–Crippen MR) is 39.1 cm³/mol. The zero-order valence-electron chi connectivity index (χ0n) is 6.25. The summed E-state index contributed by atoms with van der Waals surface area (Å²) in [4.78, 5) is 22.9. The molecule has 0 saturated carbocycles. The average Bonchev–Trinajstić information content (AvgIpc) is 2.09. The van der Waals surface area contributed by atoms with Gasteiger partial charge in [-0.1, -0.05) is 0 Å². The van der Waals surface area contributed by atoms with E-state index in [1.54, 1.807) is 0 Å². The summed E-state index contributed by atoms with van der Waals surface area (Å²) in [7, 11) is 0. The monoisotopic (exact) mass is 189 g/mol. The van der Waals surface area contributed by atoms with Crippen molar-refractivity contribution in [3.63, 3.8) is 0 Å². The van der Waals surface area contributed by atoms with E-state index in [-0.39, 0.29) is 6.29 Å². The molecule has 0 radical (unpaired) electrons. The van der Waals surface area contributed by atoms with E-state index in [1.807, 2.05) is 4.98 Å². The first-order chi connectivity index (χ1) is 6.06. The number of carbonyl (C=O) groups is 1. The van der Waals surface area contributed by atoms with Gasteiger partial charge < -0.3 is 10.1 Å². The van der Waals surface area contributed by atoms with Gasteiger partial charge in [-0.3, -0.25) is 9.59 Å². The summed E-state index contributed by atoms with van der Waals surface area (Å²) in [6, 6.07) is 0.549. The lowest BCUT2D eigenvalue weighted by Crippen LogP contribution is -2.08. The van der Waals surface area contributed by atoms with Gasteiger partial charge in [0, 0.05) is 6.07 Å². The van der Waals surface area contributed by atoms with Gasteiger partial charge in [0.25, 0.3) is 6.43 Å². The van der Waals surface area contributed by atoms with E-state index >= 15 is 0 Å². The Morgan fingerprint density at radius 3 is 2.62 bits per heavy atom. The van der Waals surface area contributed by atoms with Crippen LogP contribution in [0.4, 0.5) is 8.78 Å². The Balaban J connectivity index is 3.39. The van der Waals surface area contributed by atoms with Gasteiger partial charge >= 0.3 is 0 Å². The molecular weight excluding hydrogens is 184 g/mol. The van der Waals surface area contributed by atoms with E-state index in [2.05, 4.69) is 0 Å². The molecule has 4 nitrogen and oxygen atoms in total. The second-order valence-corrected chi connectivity index (χ2v) is 2.27. The molecule has 6 heteroatoms. The minimum Gasteiger partial charge on any atom is -0.503 e. The molecule has 0 bridgehead atoms. The highest BCUT2D eigenvalue weighted by Crippen LogP contribution is 2.17. The fraction of sp³-hybridized carbons (Fsp3) is 0.143. The quantitative estimate of drug-likeness (QED) is 0.677. The van der Waals surface area contributed by atoms with Gasteiger partial charge in [0.05, 0.1) is 5.69 Å². The zero-order chi connectivity index (χ0) is 10.0. The molecule has 0 atom stereocenters. The summed E-state index contributed by atoms with van der Waals surface area (Å²) < 4.78 is 24.1. The van der Waals surface area contributed by atoms with Crippen molar-refractivity contribution in [2.75, 3.05) is 0 Å². The van der Waals surface area contributed by atoms with Crippen LogP contribution in [-0.2, 0) is 0 Å². The zero-order valence-corrected chi connectivity index (χ0v) is 6.25. The molecule has 2 N–H and O–H groups in total. The lowest BCUT2D eigenvalue weighted by atomic mass is 10.3. The maximum absolute atomic E-state index is 12.0. The molecule has 0 aliphatic rings. The van der Waals surface area contributed by atoms with E-state index in [0.717, 1.165) is 0 Å². The molecule has 0 spiro atoms. The normalized spacial score (nSPS) is 10.4. The van der Waals surface area contributed by atoms with Crippen molar-refractivity contribution < 1.29 is 18.7 Å². The summed E-state index contributed by atoms with van der Waals surface area (Å²) in [5.41, 5.74) is -2.23. The topological polar surface area (TPSA) is 70.2 Å². The Labute approximate surface area is 70.8 Å². The highest BCUT2D eigenvalue weighted by Gasteiger charge is 2.13. The Morgan fingerprint density at radius 1 is 1.54 bits per heavy atom. The largest absolute Gasteiger partial charge is 0.503 e. The molecule has 1 aromatic rings. The van der Waals surface area contributed by atoms with Crippen LogP contribution in [0.1, 0.15) is 22.6 Å². The van der Waals surface area contributed by atoms with Crippen molar-refractivity contribution >= 4 is 6.29 Å². The molecule has 0 unspecified atom stereocenters. The Bertz CT molecular complexity index is 386. The second-order valence-electron chi connectivity index (χ2n) is 2.27. The van der Waals surface area contributed by atoms with Gasteiger partial charge in [-0.15, -0.1) is 0 Å². The number of aldehydes is 1. The first-order valence-corrected chi connectivity index (χ1v) is 3.25. The number of H-pyrrole nitrogens is 1. The van der Waals surface area contributed by atoms with E-state index < -0.39 is 29.0 Å². The van der Waals surface area contributed by atoms with Crippen molar-refractivity contribution in [3.8, 4) is 5.75 Å². The van der Waals surface area contributed by atoms with Gasteiger partial charge in [-0.25, -0.2) is 8.78 Å². The molecule has 0 aromatic carbocycles. The van der Waals surface area contributed by atoms with Crippen molar-refractivity contribution in [2.45, 2.75) is 6.43 Å². The van der Waals surface area contributed by atoms with E-state index in [1.165, 1.54) is 0 Å². The predicted octanol–water partition coefficient (Wildman–Crippen LogP) is 0.831. The first kappa shape index (κ1) is 9.37. The maximum Gasteiger partial charge on any atom is 0.278 e. The molecule has 0 fully saturated rings. The summed E-state index contributed by atoms with van der Waals surface area (Å²) in [6.07, 6.45) is -2.78. The van der Waals surface area contributed by atoms with Crippen LogP contribution in [0.3, 0.4) is 0 Å². The number of hydrogen-bond acceptors (Lipinski definition) is 3. The molecule has 1 rings (SSSR count). The summed E-state index contributed by atoms with van der Waals surface area (Å²) >= 11 is 0. The third-order valence-corrected chi connectivity index (χ3v) is 1.41. The Hall–Kier alpha value is -1.72. The number of rotatable bonds is 2. The van der Waals surface area contributed by atoms with Crippen LogP contribution in [0.2, 0.25) is 0 Å². The average molecular weight is 189 g/mol. The van der Waals surface area contributed by atoms with Crippen LogP contribution < -0.4 is 5.43 Å². The van der Waals surface area contributed by atoms with Crippen LogP contribution in [0.5, 0.6) is 5.75 Å². The number of hydrogen-bond donors (Lipinski definition) is 2. The van der Waals surface area contributed by atoms with E-state index in [9.17, 15) is 18.4 Å². The first-order valence-electron chi connectivity index (χ1n) is 3.25. The van der Waals surface area contributed by atoms with Gasteiger partial charge in [0.2, 0.25) is 5.43 Å². The van der Waals surface area contributed by atoms with Gasteiger partial charge in [0.15, 0.2) is 12.0 Å². The lowest BCUT2D eigenvalue weighted by molar-refractivity contribution is 0.111. The highest BCUT2D eigenvalue weighted by molar-refractivity contribution is 5.75. The molecule has 1 aromatic heterocycles. The van der Waals surface area contributed by atoms with Crippen LogP contribution in [0.25, 0.3) is 0 Å². The number of aromatic nitrogens is 1. The SMILES string of the molecule is O=Cc1[nH]c(C(F)F)cc(=O)c1O. The number of aromatic amines is 1. The number of alkyl halides is 2. The second kappa shape index (κ2) is 3.34. The molecular formula is C7H5F2NO3. The van der Waals surface area contributed by atoms with Crippen molar-refractivity contribution in [2.24, 2.45) is 0 Å². The smallest absolute Gasteiger partial charge is 0.278 e. The minimum atomic E-state index is -2.88.